The number of aliphatic imine (C=N–C) groups is 1. The number of hydrogen-bond donors (Lipinski definition) is 14. The van der Waals surface area contributed by atoms with Gasteiger partial charge in [0.15, 0.2) is 24.5 Å². The highest BCUT2D eigenvalue weighted by Gasteiger charge is 2.56. The minimum absolute atomic E-state index is 0.156. The van der Waals surface area contributed by atoms with E-state index in [0.717, 1.165) is 0 Å². The Balaban J connectivity index is 2.04. The second kappa shape index (κ2) is 20.4. The molecule has 2 aliphatic rings. The largest absolute Gasteiger partial charge is 0.441 e. The fraction of sp³-hybridized carbons (Fsp3) is 0.815. The number of nitrogens with two attached hydrogens (primary N) is 6. The Morgan fingerprint density at radius 2 is 1.28 bits per heavy atom. The normalized spacial score (nSPS) is 32.7. The predicted molar refractivity (Wildman–Crippen MR) is 169 cm³/mol. The van der Waals surface area contributed by atoms with Crippen LogP contribution in [0.25, 0.3) is 0 Å². The first-order chi connectivity index (χ1) is 23.5. The quantitative estimate of drug-likeness (QED) is 0.0376. The zero-order chi connectivity index (χ0) is 37.7. The summed E-state index contributed by atoms with van der Waals surface area (Å²) in [5.74, 6) is -1.47. The second-order valence-electron chi connectivity index (χ2n) is 12.0. The van der Waals surface area contributed by atoms with Gasteiger partial charge in [-0.1, -0.05) is 0 Å². The lowest BCUT2D eigenvalue weighted by Crippen LogP contribution is -2.68. The predicted octanol–water partition coefficient (Wildman–Crippen LogP) is -7.30. The Morgan fingerprint density at radius 1 is 0.760 bits per heavy atom. The lowest BCUT2D eigenvalue weighted by Gasteiger charge is -2.47. The number of rotatable bonds is 17. The summed E-state index contributed by atoms with van der Waals surface area (Å²) in [5.41, 5.74) is 33.2. The summed E-state index contributed by atoms with van der Waals surface area (Å²) in [6, 6.07) is -2.58. The molecule has 1 saturated carbocycles. The Kier molecular flexibility index (Phi) is 17.4. The van der Waals surface area contributed by atoms with Gasteiger partial charge in [-0.2, -0.15) is 0 Å². The molecule has 1 heterocycles. The fourth-order valence-corrected chi connectivity index (χ4v) is 5.47. The average molecular weight is 726 g/mol. The first-order valence-corrected chi connectivity index (χ1v) is 15.9. The third kappa shape index (κ3) is 12.7. The van der Waals surface area contributed by atoms with Crippen molar-refractivity contribution in [3.63, 3.8) is 0 Å². The van der Waals surface area contributed by atoms with E-state index in [2.05, 4.69) is 15.6 Å². The molecule has 1 aliphatic carbocycles. The van der Waals surface area contributed by atoms with Gasteiger partial charge >= 0.3 is 12.2 Å². The smallest absolute Gasteiger partial charge is 0.404 e. The highest BCUT2D eigenvalue weighted by Crippen LogP contribution is 2.32. The van der Waals surface area contributed by atoms with E-state index in [4.69, 9.17) is 53.3 Å². The van der Waals surface area contributed by atoms with Crippen molar-refractivity contribution in [3.8, 4) is 0 Å². The highest BCUT2D eigenvalue weighted by molar-refractivity contribution is 5.96. The molecule has 23 heteroatoms. The maximum absolute atomic E-state index is 12.6. The zero-order valence-corrected chi connectivity index (χ0v) is 27.2. The summed E-state index contributed by atoms with van der Waals surface area (Å²) in [6.07, 6.45) is -20.0. The zero-order valence-electron chi connectivity index (χ0n) is 27.2. The maximum atomic E-state index is 12.6. The van der Waals surface area contributed by atoms with Crippen molar-refractivity contribution in [2.75, 3.05) is 19.7 Å². The molecule has 50 heavy (non-hydrogen) atoms. The topological polar surface area (TPSA) is 419 Å². The average Bonchev–Trinajstić information content (AvgIpc) is 3.03. The van der Waals surface area contributed by atoms with Gasteiger partial charge in [0.2, 0.25) is 11.8 Å². The van der Waals surface area contributed by atoms with Crippen LogP contribution >= 0.6 is 0 Å². The van der Waals surface area contributed by atoms with Gasteiger partial charge in [0, 0.05) is 31.5 Å². The van der Waals surface area contributed by atoms with Crippen LogP contribution in [0.3, 0.4) is 0 Å². The molecule has 0 radical (unpaired) electrons. The molecule has 1 aliphatic heterocycles. The molecule has 0 aromatic rings. The molecule has 23 nitrogen and oxygen atoms in total. The van der Waals surface area contributed by atoms with Crippen molar-refractivity contribution >= 4 is 30.0 Å². The number of ether oxygens (including phenoxy) is 4. The van der Waals surface area contributed by atoms with E-state index in [1.807, 2.05) is 0 Å². The van der Waals surface area contributed by atoms with Crippen LogP contribution in [0.4, 0.5) is 9.59 Å². The van der Waals surface area contributed by atoms with E-state index >= 15 is 0 Å². The summed E-state index contributed by atoms with van der Waals surface area (Å²) < 4.78 is 20.3. The molecule has 0 aromatic heterocycles. The lowest BCUT2D eigenvalue weighted by atomic mass is 9.84. The number of carbonyl (C=O) groups excluding carboxylic acids is 4. The monoisotopic (exact) mass is 725 g/mol. The number of nitrogens with zero attached hydrogens (tertiary/aromatic N) is 1. The number of aliphatic hydroxyl groups excluding tert-OH is 6. The molecule has 288 valence electrons. The van der Waals surface area contributed by atoms with Crippen LogP contribution in [0, 0.1) is 0 Å². The standard InChI is InChI=1S/C27H51N9O14/c28-5-1-3-10(29)7-13(38)34-6-2-4-11(30)8-14(39)35-25(31)36-15-16(40)12(9-37)47-24(17(15)41)48-21-18(42)22(49-26(32)45)20(44)23(19(21)43)50-27(33)46/h10-12,15-24,37,40-44H,1-9,28-30H2,(H2,32,45)(H2,33,46)(H,34,38)(H3,31,35,36,39). The first kappa shape index (κ1) is 42.7. The molecule has 11 atom stereocenters. The van der Waals surface area contributed by atoms with E-state index in [9.17, 15) is 49.8 Å². The number of carbonyl (C=O) groups is 4. The van der Waals surface area contributed by atoms with E-state index in [1.165, 1.54) is 0 Å². The first-order valence-electron chi connectivity index (χ1n) is 15.9. The van der Waals surface area contributed by atoms with Gasteiger partial charge in [-0.3, -0.25) is 14.9 Å². The molecule has 4 amide bonds. The van der Waals surface area contributed by atoms with Crippen molar-refractivity contribution in [2.24, 2.45) is 39.4 Å². The Labute approximate surface area is 286 Å². The summed E-state index contributed by atoms with van der Waals surface area (Å²) in [4.78, 5) is 51.2. The van der Waals surface area contributed by atoms with Crippen LogP contribution in [0.2, 0.25) is 0 Å². The number of hydrogen-bond acceptors (Lipinski definition) is 18. The van der Waals surface area contributed by atoms with E-state index in [-0.39, 0.29) is 24.8 Å². The van der Waals surface area contributed by atoms with Crippen molar-refractivity contribution in [3.05, 3.63) is 0 Å². The van der Waals surface area contributed by atoms with Crippen LogP contribution in [0.1, 0.15) is 38.5 Å². The third-order valence-electron chi connectivity index (χ3n) is 7.97. The molecule has 1 saturated heterocycles. The Bertz CT molecular complexity index is 1130. The molecule has 11 unspecified atom stereocenters. The summed E-state index contributed by atoms with van der Waals surface area (Å²) >= 11 is 0. The number of guanidine groups is 1. The van der Waals surface area contributed by atoms with Gasteiger partial charge in [0.1, 0.15) is 48.8 Å². The van der Waals surface area contributed by atoms with Crippen molar-refractivity contribution in [1.29, 1.82) is 0 Å². The van der Waals surface area contributed by atoms with Gasteiger partial charge in [-0.25, -0.2) is 14.6 Å². The maximum Gasteiger partial charge on any atom is 0.404 e. The van der Waals surface area contributed by atoms with Gasteiger partial charge in [-0.15, -0.1) is 0 Å². The number of primary amides is 2. The molecule has 0 aromatic carbocycles. The minimum atomic E-state index is -2.08. The third-order valence-corrected chi connectivity index (χ3v) is 7.97. The van der Waals surface area contributed by atoms with Gasteiger partial charge < -0.3 is 89.3 Å². The lowest BCUT2D eigenvalue weighted by molar-refractivity contribution is -0.324. The molecule has 20 N–H and O–H groups in total. The Morgan fingerprint density at radius 3 is 1.80 bits per heavy atom. The number of amides is 4. The van der Waals surface area contributed by atoms with Crippen LogP contribution < -0.4 is 45.0 Å². The summed E-state index contributed by atoms with van der Waals surface area (Å²) in [5, 5.41) is 68.5. The van der Waals surface area contributed by atoms with Gasteiger partial charge in [-0.05, 0) is 32.2 Å². The van der Waals surface area contributed by atoms with Crippen molar-refractivity contribution < 1.29 is 68.8 Å². The fourth-order valence-electron chi connectivity index (χ4n) is 5.47. The number of nitrogens with one attached hydrogen (secondary N) is 2. The van der Waals surface area contributed by atoms with Crippen LogP contribution in [-0.4, -0.2) is 160 Å². The SMILES string of the molecule is NCCCC(N)CC(=O)NCCCC(N)CC(=O)NC(N)=NC1C(O)C(CO)OC(OC2C(O)C(OC(N)=O)C(O)C(OC(N)=O)C2O)C1O. The van der Waals surface area contributed by atoms with E-state index < -0.39 is 104 Å². The molecule has 0 spiro atoms. The summed E-state index contributed by atoms with van der Waals surface area (Å²) in [7, 11) is 0. The molecular formula is C27H51N9O14. The molecular weight excluding hydrogens is 674 g/mol. The Hall–Kier alpha value is -3.49. The van der Waals surface area contributed by atoms with Crippen LogP contribution in [0.15, 0.2) is 4.99 Å². The minimum Gasteiger partial charge on any atom is -0.441 e. The van der Waals surface area contributed by atoms with Crippen LogP contribution in [-0.2, 0) is 28.5 Å². The van der Waals surface area contributed by atoms with Gasteiger partial charge in [0.25, 0.3) is 0 Å². The van der Waals surface area contributed by atoms with Gasteiger partial charge in [0.05, 0.1) is 6.61 Å². The summed E-state index contributed by atoms with van der Waals surface area (Å²) in [6.45, 7) is -0.0689. The van der Waals surface area contributed by atoms with Crippen LogP contribution in [0.5, 0.6) is 0 Å². The van der Waals surface area contributed by atoms with E-state index in [0.29, 0.717) is 38.8 Å². The van der Waals surface area contributed by atoms with Crippen molar-refractivity contribution in [2.45, 2.75) is 118 Å². The second-order valence-corrected chi connectivity index (χ2v) is 12.0. The van der Waals surface area contributed by atoms with Crippen molar-refractivity contribution in [1.82, 2.24) is 10.6 Å². The number of aliphatic hydroxyl groups is 6. The molecule has 2 fully saturated rings. The van der Waals surface area contributed by atoms with E-state index in [1.54, 1.807) is 0 Å². The molecule has 0 bridgehead atoms. The molecule has 2 rings (SSSR count). The highest BCUT2D eigenvalue weighted by atomic mass is 16.7.